The van der Waals surface area contributed by atoms with Crippen LogP contribution < -0.4 is 4.74 Å². The van der Waals surface area contributed by atoms with E-state index in [1.165, 1.54) is 0 Å². The molecule has 0 aliphatic heterocycles. The Kier molecular flexibility index (Phi) is 4.46. The number of carbonyl (C=O) groups excluding carboxylic acids is 1. The van der Waals surface area contributed by atoms with Gasteiger partial charge >= 0.3 is 0 Å². The number of aromatic nitrogens is 2. The van der Waals surface area contributed by atoms with Gasteiger partial charge in [-0.1, -0.05) is 0 Å². The fraction of sp³-hybridized carbons (Fsp3) is 0.308. The topological polar surface area (TPSA) is 55.3 Å². The molecule has 2 rings (SSSR count). The molecule has 0 spiro atoms. The summed E-state index contributed by atoms with van der Waals surface area (Å²) in [7, 11) is 1.74. The molecule has 100 valence electrons. The number of ether oxygens (including phenoxy) is 1. The van der Waals surface area contributed by atoms with E-state index in [9.17, 15) is 4.79 Å². The summed E-state index contributed by atoms with van der Waals surface area (Å²) in [5.74, 6) is 0.506. The molecule has 0 radical (unpaired) electrons. The molecule has 0 saturated heterocycles. The van der Waals surface area contributed by atoms with Crippen LogP contribution in [0.5, 0.6) is 5.75 Å². The van der Waals surface area contributed by atoms with E-state index in [0.717, 1.165) is 10.7 Å². The molecular formula is C13H15N3O2S. The van der Waals surface area contributed by atoms with Crippen molar-refractivity contribution < 1.29 is 9.53 Å². The SMILES string of the molecule is Cc1csc(CN(C)C(=O)COc2cccnc2)n1. The molecule has 0 unspecified atom stereocenters. The Bertz CT molecular complexity index is 542. The molecule has 5 nitrogen and oxygen atoms in total. The standard InChI is InChI=1S/C13H15N3O2S/c1-10-9-19-12(15-10)7-16(2)13(17)8-18-11-4-3-5-14-6-11/h3-6,9H,7-8H2,1-2H3. The van der Waals surface area contributed by atoms with Gasteiger partial charge in [-0.05, 0) is 19.1 Å². The third kappa shape index (κ3) is 4.03. The van der Waals surface area contributed by atoms with Gasteiger partial charge in [-0.15, -0.1) is 11.3 Å². The molecule has 0 aliphatic carbocycles. The summed E-state index contributed by atoms with van der Waals surface area (Å²) < 4.78 is 5.36. The van der Waals surface area contributed by atoms with Crippen molar-refractivity contribution >= 4 is 17.2 Å². The Hall–Kier alpha value is -1.95. The zero-order chi connectivity index (χ0) is 13.7. The van der Waals surface area contributed by atoms with Gasteiger partial charge in [0.25, 0.3) is 5.91 Å². The summed E-state index contributed by atoms with van der Waals surface area (Å²) >= 11 is 1.55. The van der Waals surface area contributed by atoms with E-state index in [4.69, 9.17) is 4.74 Å². The van der Waals surface area contributed by atoms with Gasteiger partial charge in [-0.2, -0.15) is 0 Å². The largest absolute Gasteiger partial charge is 0.482 e. The molecule has 0 saturated carbocycles. The summed E-state index contributed by atoms with van der Waals surface area (Å²) in [5, 5.41) is 2.90. The lowest BCUT2D eigenvalue weighted by molar-refractivity contribution is -0.132. The summed E-state index contributed by atoms with van der Waals surface area (Å²) in [4.78, 5) is 21.7. The van der Waals surface area contributed by atoms with E-state index >= 15 is 0 Å². The fourth-order valence-corrected chi connectivity index (χ4v) is 2.28. The number of rotatable bonds is 5. The van der Waals surface area contributed by atoms with Crippen LogP contribution in [0, 0.1) is 6.92 Å². The zero-order valence-corrected chi connectivity index (χ0v) is 11.7. The van der Waals surface area contributed by atoms with Crippen molar-refractivity contribution in [2.45, 2.75) is 13.5 Å². The van der Waals surface area contributed by atoms with Crippen LogP contribution in [0.15, 0.2) is 29.9 Å². The van der Waals surface area contributed by atoms with Gasteiger partial charge in [-0.25, -0.2) is 4.98 Å². The van der Waals surface area contributed by atoms with E-state index in [-0.39, 0.29) is 12.5 Å². The highest BCUT2D eigenvalue weighted by Gasteiger charge is 2.11. The number of nitrogens with zero attached hydrogens (tertiary/aromatic N) is 3. The third-order valence-electron chi connectivity index (χ3n) is 2.46. The number of pyridine rings is 1. The lowest BCUT2D eigenvalue weighted by Gasteiger charge is -2.15. The summed E-state index contributed by atoms with van der Waals surface area (Å²) in [6.45, 7) is 2.45. The van der Waals surface area contributed by atoms with Gasteiger partial charge in [0, 0.05) is 24.3 Å². The smallest absolute Gasteiger partial charge is 0.260 e. The van der Waals surface area contributed by atoms with Crippen LogP contribution in [0.4, 0.5) is 0 Å². The van der Waals surface area contributed by atoms with Crippen molar-refractivity contribution in [2.75, 3.05) is 13.7 Å². The number of thiazole rings is 1. The second-order valence-corrected chi connectivity index (χ2v) is 5.05. The summed E-state index contributed by atoms with van der Waals surface area (Å²) in [6, 6.07) is 3.53. The molecule has 1 amide bonds. The molecule has 2 aromatic rings. The molecule has 19 heavy (non-hydrogen) atoms. The van der Waals surface area contributed by atoms with Crippen molar-refractivity contribution in [1.29, 1.82) is 0 Å². The number of aryl methyl sites for hydroxylation is 1. The van der Waals surface area contributed by atoms with E-state index in [1.54, 1.807) is 47.8 Å². The predicted octanol–water partition coefficient (Wildman–Crippen LogP) is 1.88. The Morgan fingerprint density at radius 1 is 1.53 bits per heavy atom. The number of hydrogen-bond acceptors (Lipinski definition) is 5. The highest BCUT2D eigenvalue weighted by Crippen LogP contribution is 2.11. The highest BCUT2D eigenvalue weighted by molar-refractivity contribution is 7.09. The van der Waals surface area contributed by atoms with Crippen LogP contribution in [-0.2, 0) is 11.3 Å². The number of hydrogen-bond donors (Lipinski definition) is 0. The Morgan fingerprint density at radius 2 is 2.37 bits per heavy atom. The maximum atomic E-state index is 11.9. The number of carbonyl (C=O) groups is 1. The van der Waals surface area contributed by atoms with Crippen LogP contribution in [0.2, 0.25) is 0 Å². The van der Waals surface area contributed by atoms with Crippen molar-refractivity contribution in [3.05, 3.63) is 40.6 Å². The minimum absolute atomic E-state index is 0.00650. The normalized spacial score (nSPS) is 10.2. The third-order valence-corrected chi connectivity index (χ3v) is 3.41. The molecule has 0 N–H and O–H groups in total. The molecule has 2 heterocycles. The van der Waals surface area contributed by atoms with Gasteiger partial charge in [-0.3, -0.25) is 9.78 Å². The predicted molar refractivity (Wildman–Crippen MR) is 73.1 cm³/mol. The van der Waals surface area contributed by atoms with Gasteiger partial charge in [0.05, 0.1) is 12.7 Å². The summed E-state index contributed by atoms with van der Waals surface area (Å²) in [5.41, 5.74) is 0.979. The minimum Gasteiger partial charge on any atom is -0.482 e. The molecule has 0 bridgehead atoms. The van der Waals surface area contributed by atoms with E-state index in [1.807, 2.05) is 12.3 Å². The average molecular weight is 277 g/mol. The molecule has 2 aromatic heterocycles. The van der Waals surface area contributed by atoms with Gasteiger partial charge < -0.3 is 9.64 Å². The molecule has 0 aromatic carbocycles. The van der Waals surface area contributed by atoms with Crippen molar-refractivity contribution in [3.63, 3.8) is 0 Å². The van der Waals surface area contributed by atoms with Crippen LogP contribution in [0.1, 0.15) is 10.7 Å². The molecule has 0 atom stereocenters. The van der Waals surface area contributed by atoms with E-state index in [0.29, 0.717) is 12.3 Å². The first kappa shape index (κ1) is 13.5. The quantitative estimate of drug-likeness (QED) is 0.837. The monoisotopic (exact) mass is 277 g/mol. The maximum absolute atomic E-state index is 11.9. The minimum atomic E-state index is -0.0864. The highest BCUT2D eigenvalue weighted by atomic mass is 32.1. The molecule has 0 aliphatic rings. The van der Waals surface area contributed by atoms with Crippen LogP contribution >= 0.6 is 11.3 Å². The maximum Gasteiger partial charge on any atom is 0.260 e. The first-order valence-electron chi connectivity index (χ1n) is 5.83. The number of amides is 1. The second-order valence-electron chi connectivity index (χ2n) is 4.11. The van der Waals surface area contributed by atoms with Gasteiger partial charge in [0.1, 0.15) is 10.8 Å². The lowest BCUT2D eigenvalue weighted by atomic mass is 10.4. The Morgan fingerprint density at radius 3 is 3.00 bits per heavy atom. The first-order valence-corrected chi connectivity index (χ1v) is 6.71. The van der Waals surface area contributed by atoms with Gasteiger partial charge in [0.15, 0.2) is 6.61 Å². The zero-order valence-electron chi connectivity index (χ0n) is 10.9. The first-order chi connectivity index (χ1) is 9.15. The van der Waals surface area contributed by atoms with Crippen molar-refractivity contribution in [1.82, 2.24) is 14.9 Å². The Labute approximate surface area is 115 Å². The Balaban J connectivity index is 1.82. The average Bonchev–Trinajstić information content (AvgIpc) is 2.82. The van der Waals surface area contributed by atoms with Crippen molar-refractivity contribution in [3.8, 4) is 5.75 Å². The van der Waals surface area contributed by atoms with Crippen LogP contribution in [0.3, 0.4) is 0 Å². The lowest BCUT2D eigenvalue weighted by Crippen LogP contribution is -2.30. The van der Waals surface area contributed by atoms with E-state index in [2.05, 4.69) is 9.97 Å². The van der Waals surface area contributed by atoms with Crippen LogP contribution in [0.25, 0.3) is 0 Å². The fourth-order valence-electron chi connectivity index (χ4n) is 1.45. The van der Waals surface area contributed by atoms with Crippen LogP contribution in [-0.4, -0.2) is 34.4 Å². The molecule has 0 fully saturated rings. The second kappa shape index (κ2) is 6.29. The van der Waals surface area contributed by atoms with Crippen molar-refractivity contribution in [2.24, 2.45) is 0 Å². The van der Waals surface area contributed by atoms with Gasteiger partial charge in [0.2, 0.25) is 0 Å². The van der Waals surface area contributed by atoms with E-state index < -0.39 is 0 Å². The molecule has 6 heteroatoms. The molecular weight excluding hydrogens is 262 g/mol. The summed E-state index contributed by atoms with van der Waals surface area (Å²) in [6.07, 6.45) is 3.24. The number of likely N-dealkylation sites (N-methyl/N-ethyl adjacent to an activating group) is 1.